The third-order valence-electron chi connectivity index (χ3n) is 3.66. The number of alkyl carbamates (subject to hydrolysis) is 1. The Labute approximate surface area is 150 Å². The van der Waals surface area contributed by atoms with E-state index in [-0.39, 0.29) is 4.90 Å². The summed E-state index contributed by atoms with van der Waals surface area (Å²) in [5, 5.41) is 2.73. The summed E-state index contributed by atoms with van der Waals surface area (Å²) in [6.07, 6.45) is 4.09. The first kappa shape index (κ1) is 21.4. The number of carbonyl (C=O) groups is 1. The van der Waals surface area contributed by atoms with Crippen LogP contribution in [0, 0.1) is 6.92 Å². The van der Waals surface area contributed by atoms with Crippen LogP contribution in [0.4, 0.5) is 4.79 Å². The van der Waals surface area contributed by atoms with E-state index in [1.807, 2.05) is 27.7 Å². The molecule has 0 bridgehead atoms. The molecule has 2 N–H and O–H groups in total. The highest BCUT2D eigenvalue weighted by Gasteiger charge is 2.15. The molecule has 1 aromatic carbocycles. The molecule has 0 aliphatic carbocycles. The summed E-state index contributed by atoms with van der Waals surface area (Å²) in [7, 11) is -4.16. The molecule has 0 saturated heterocycles. The topological polar surface area (TPSA) is 92.7 Å². The molecule has 0 saturated carbocycles. The van der Waals surface area contributed by atoms with Gasteiger partial charge in [-0.1, -0.05) is 18.9 Å². The summed E-state index contributed by atoms with van der Waals surface area (Å²) < 4.78 is 36.7. The molecule has 142 valence electrons. The van der Waals surface area contributed by atoms with Gasteiger partial charge in [0.05, 0.1) is 4.90 Å². The lowest BCUT2D eigenvalue weighted by molar-refractivity contribution is 0.0527. The van der Waals surface area contributed by atoms with Gasteiger partial charge in [-0.15, -0.1) is 0 Å². The summed E-state index contributed by atoms with van der Waals surface area (Å²) in [5.41, 5.74) is 1.46. The van der Waals surface area contributed by atoms with Crippen molar-refractivity contribution in [3.8, 4) is 0 Å². The van der Waals surface area contributed by atoms with E-state index >= 15 is 0 Å². The number of carbonyl (C=O) groups excluding carboxylic acids is 1. The normalized spacial score (nSPS) is 12.0. The SMILES string of the molecule is Cc1ccc(S(=O)(=O)O)cc1CCCCCCNC(=O)OC(C)(C)C. The fourth-order valence-corrected chi connectivity index (χ4v) is 2.91. The van der Waals surface area contributed by atoms with Crippen molar-refractivity contribution < 1.29 is 22.5 Å². The van der Waals surface area contributed by atoms with Gasteiger partial charge < -0.3 is 10.1 Å². The van der Waals surface area contributed by atoms with Gasteiger partial charge in [0, 0.05) is 6.54 Å². The van der Waals surface area contributed by atoms with E-state index in [0.29, 0.717) is 6.54 Å². The van der Waals surface area contributed by atoms with Crippen LogP contribution >= 0.6 is 0 Å². The van der Waals surface area contributed by atoms with Crippen molar-refractivity contribution in [2.75, 3.05) is 6.54 Å². The molecule has 0 aromatic heterocycles. The minimum Gasteiger partial charge on any atom is -0.444 e. The number of hydrogen-bond acceptors (Lipinski definition) is 4. The van der Waals surface area contributed by atoms with Crippen molar-refractivity contribution in [3.63, 3.8) is 0 Å². The van der Waals surface area contributed by atoms with Crippen LogP contribution in [0.5, 0.6) is 0 Å². The molecule has 7 heteroatoms. The van der Waals surface area contributed by atoms with Crippen molar-refractivity contribution in [1.29, 1.82) is 0 Å². The Morgan fingerprint density at radius 3 is 2.40 bits per heavy atom. The second-order valence-electron chi connectivity index (χ2n) is 7.16. The van der Waals surface area contributed by atoms with Crippen LogP contribution in [0.2, 0.25) is 0 Å². The average Bonchev–Trinajstić information content (AvgIpc) is 2.44. The molecule has 0 fully saturated rings. The van der Waals surface area contributed by atoms with Crippen molar-refractivity contribution in [1.82, 2.24) is 5.32 Å². The Bertz CT molecular complexity index is 677. The highest BCUT2D eigenvalue weighted by Crippen LogP contribution is 2.18. The lowest BCUT2D eigenvalue weighted by Gasteiger charge is -2.19. The molecular formula is C18H29NO5S. The highest BCUT2D eigenvalue weighted by molar-refractivity contribution is 7.85. The molecule has 1 rings (SSSR count). The van der Waals surface area contributed by atoms with Crippen molar-refractivity contribution in [3.05, 3.63) is 29.3 Å². The zero-order valence-corrected chi connectivity index (χ0v) is 16.3. The summed E-state index contributed by atoms with van der Waals surface area (Å²) >= 11 is 0. The van der Waals surface area contributed by atoms with Gasteiger partial charge in [0.15, 0.2) is 0 Å². The highest BCUT2D eigenvalue weighted by atomic mass is 32.2. The lowest BCUT2D eigenvalue weighted by Crippen LogP contribution is -2.32. The van der Waals surface area contributed by atoms with E-state index in [2.05, 4.69) is 5.32 Å². The maximum absolute atomic E-state index is 11.5. The van der Waals surface area contributed by atoms with E-state index in [1.165, 1.54) is 12.1 Å². The first-order chi connectivity index (χ1) is 11.5. The number of aryl methyl sites for hydroxylation is 2. The quantitative estimate of drug-likeness (QED) is 0.534. The molecule has 0 aliphatic rings. The molecule has 1 aromatic rings. The molecule has 0 unspecified atom stereocenters. The van der Waals surface area contributed by atoms with Gasteiger partial charge >= 0.3 is 6.09 Å². The van der Waals surface area contributed by atoms with Crippen LogP contribution in [-0.4, -0.2) is 31.2 Å². The third-order valence-corrected chi connectivity index (χ3v) is 4.51. The Hall–Kier alpha value is -1.60. The third kappa shape index (κ3) is 8.88. The molecule has 0 spiro atoms. The molecule has 0 radical (unpaired) electrons. The Kier molecular flexibility index (Phi) is 7.89. The van der Waals surface area contributed by atoms with Crippen LogP contribution in [-0.2, 0) is 21.3 Å². The van der Waals surface area contributed by atoms with E-state index in [0.717, 1.165) is 43.2 Å². The molecule has 6 nitrogen and oxygen atoms in total. The molecule has 0 atom stereocenters. The monoisotopic (exact) mass is 371 g/mol. The molecular weight excluding hydrogens is 342 g/mol. The van der Waals surface area contributed by atoms with Gasteiger partial charge in [-0.3, -0.25) is 4.55 Å². The summed E-state index contributed by atoms with van der Waals surface area (Å²) in [5.74, 6) is 0. The standard InChI is InChI=1S/C18H29NO5S/c1-14-10-11-16(25(21,22)23)13-15(14)9-7-5-6-8-12-19-17(20)24-18(2,3)4/h10-11,13H,5-9,12H2,1-4H3,(H,19,20)(H,21,22,23). The van der Waals surface area contributed by atoms with E-state index in [4.69, 9.17) is 9.29 Å². The zero-order chi connectivity index (χ0) is 19.1. The van der Waals surface area contributed by atoms with Crippen LogP contribution in [0.25, 0.3) is 0 Å². The zero-order valence-electron chi connectivity index (χ0n) is 15.5. The predicted octanol–water partition coefficient (Wildman–Crippen LogP) is 3.87. The number of hydrogen-bond donors (Lipinski definition) is 2. The maximum atomic E-state index is 11.5. The number of amides is 1. The molecule has 0 heterocycles. The number of rotatable bonds is 8. The average molecular weight is 371 g/mol. The first-order valence-electron chi connectivity index (χ1n) is 8.53. The minimum atomic E-state index is -4.16. The number of unbranched alkanes of at least 4 members (excludes halogenated alkanes) is 3. The predicted molar refractivity (Wildman–Crippen MR) is 97.4 cm³/mol. The van der Waals surface area contributed by atoms with Crippen LogP contribution in [0.3, 0.4) is 0 Å². The van der Waals surface area contributed by atoms with Crippen LogP contribution < -0.4 is 5.32 Å². The largest absolute Gasteiger partial charge is 0.444 e. The lowest BCUT2D eigenvalue weighted by atomic mass is 10.0. The molecule has 0 aliphatic heterocycles. The van der Waals surface area contributed by atoms with Gasteiger partial charge in [0.2, 0.25) is 0 Å². The van der Waals surface area contributed by atoms with Crippen LogP contribution in [0.15, 0.2) is 23.1 Å². The van der Waals surface area contributed by atoms with Gasteiger partial charge in [-0.2, -0.15) is 8.42 Å². The fraction of sp³-hybridized carbons (Fsp3) is 0.611. The Morgan fingerprint density at radius 2 is 1.80 bits per heavy atom. The van der Waals surface area contributed by atoms with Crippen LogP contribution in [0.1, 0.15) is 57.6 Å². The Morgan fingerprint density at radius 1 is 1.16 bits per heavy atom. The fourth-order valence-electron chi connectivity index (χ4n) is 2.38. The van der Waals surface area contributed by atoms with E-state index in [1.54, 1.807) is 6.07 Å². The number of ether oxygens (including phenoxy) is 1. The summed E-state index contributed by atoms with van der Waals surface area (Å²) in [6.45, 7) is 7.98. The summed E-state index contributed by atoms with van der Waals surface area (Å²) in [4.78, 5) is 11.4. The van der Waals surface area contributed by atoms with Crippen molar-refractivity contribution in [2.45, 2.75) is 70.3 Å². The number of benzene rings is 1. The molecule has 1 amide bonds. The second-order valence-corrected chi connectivity index (χ2v) is 8.58. The van der Waals surface area contributed by atoms with Crippen molar-refractivity contribution >= 4 is 16.2 Å². The summed E-state index contributed by atoms with van der Waals surface area (Å²) in [6, 6.07) is 4.66. The van der Waals surface area contributed by atoms with Gasteiger partial charge in [-0.25, -0.2) is 4.79 Å². The number of nitrogens with one attached hydrogen (secondary N) is 1. The minimum absolute atomic E-state index is 0.0605. The molecule has 25 heavy (non-hydrogen) atoms. The van der Waals surface area contributed by atoms with E-state index in [9.17, 15) is 13.2 Å². The maximum Gasteiger partial charge on any atom is 0.407 e. The Balaban J connectivity index is 2.27. The van der Waals surface area contributed by atoms with Gasteiger partial charge in [0.1, 0.15) is 5.60 Å². The van der Waals surface area contributed by atoms with Gasteiger partial charge in [0.25, 0.3) is 10.1 Å². The smallest absolute Gasteiger partial charge is 0.407 e. The second kappa shape index (κ2) is 9.20. The van der Waals surface area contributed by atoms with Gasteiger partial charge in [-0.05, 0) is 70.2 Å². The van der Waals surface area contributed by atoms with E-state index < -0.39 is 21.8 Å². The first-order valence-corrected chi connectivity index (χ1v) is 9.97. The van der Waals surface area contributed by atoms with Crippen molar-refractivity contribution in [2.24, 2.45) is 0 Å².